The summed E-state index contributed by atoms with van der Waals surface area (Å²) in [7, 11) is -3.96. The number of rotatable bonds is 3. The van der Waals surface area contributed by atoms with E-state index in [0.29, 0.717) is 11.3 Å². The van der Waals surface area contributed by atoms with Crippen molar-refractivity contribution in [1.82, 2.24) is 9.21 Å². The monoisotopic (exact) mass is 467 g/mol. The molecule has 0 bridgehead atoms. The normalized spacial score (nSPS) is 19.4. The van der Waals surface area contributed by atoms with E-state index in [0.717, 1.165) is 0 Å². The molecule has 2 amide bonds. The van der Waals surface area contributed by atoms with Crippen LogP contribution >= 0.6 is 11.6 Å². The Labute approximate surface area is 183 Å². The number of hydrogen-bond acceptors (Lipinski definition) is 5. The van der Waals surface area contributed by atoms with Crippen LogP contribution in [-0.4, -0.2) is 61.7 Å². The molecule has 11 heteroatoms. The zero-order valence-corrected chi connectivity index (χ0v) is 18.0. The highest BCUT2D eigenvalue weighted by Crippen LogP contribution is 2.38. The molecular formula is C20H19ClFN3O5S. The van der Waals surface area contributed by atoms with Crippen LogP contribution in [0.1, 0.15) is 17.3 Å². The van der Waals surface area contributed by atoms with Crippen molar-refractivity contribution in [2.45, 2.75) is 17.9 Å². The first-order valence-corrected chi connectivity index (χ1v) is 11.3. The van der Waals surface area contributed by atoms with Gasteiger partial charge in [0.15, 0.2) is 6.10 Å². The highest BCUT2D eigenvalue weighted by Gasteiger charge is 2.34. The Morgan fingerprint density at radius 2 is 1.81 bits per heavy atom. The maximum absolute atomic E-state index is 13.2. The van der Waals surface area contributed by atoms with Crippen LogP contribution in [-0.2, 0) is 14.8 Å². The van der Waals surface area contributed by atoms with Crippen LogP contribution in [0.3, 0.4) is 0 Å². The summed E-state index contributed by atoms with van der Waals surface area (Å²) in [6.45, 7) is 2.08. The molecule has 0 radical (unpaired) electrons. The van der Waals surface area contributed by atoms with Gasteiger partial charge in [0.25, 0.3) is 11.8 Å². The third kappa shape index (κ3) is 4.10. The van der Waals surface area contributed by atoms with Crippen LogP contribution in [0.4, 0.5) is 10.1 Å². The first kappa shape index (κ1) is 21.5. The van der Waals surface area contributed by atoms with Crippen molar-refractivity contribution in [2.24, 2.45) is 0 Å². The number of nitrogens with zero attached hydrogens (tertiary/aromatic N) is 2. The summed E-state index contributed by atoms with van der Waals surface area (Å²) in [6.07, 6.45) is -0.759. The van der Waals surface area contributed by atoms with Crippen LogP contribution in [0.15, 0.2) is 41.3 Å². The Kier molecular flexibility index (Phi) is 5.63. The van der Waals surface area contributed by atoms with Crippen molar-refractivity contribution in [1.29, 1.82) is 0 Å². The van der Waals surface area contributed by atoms with Gasteiger partial charge >= 0.3 is 0 Å². The molecule has 8 nitrogen and oxygen atoms in total. The molecule has 1 atom stereocenters. The second-order valence-corrected chi connectivity index (χ2v) is 9.54. The Hall–Kier alpha value is -2.69. The molecule has 1 saturated heterocycles. The molecule has 0 aliphatic carbocycles. The molecule has 31 heavy (non-hydrogen) atoms. The van der Waals surface area contributed by atoms with Gasteiger partial charge in [0.05, 0.1) is 10.7 Å². The van der Waals surface area contributed by atoms with E-state index < -0.39 is 21.9 Å². The standard InChI is InChI=1S/C20H19ClFN3O5S/c1-12-19(26)23-16-10-15(21)18(11-17(16)30-12)31(28,29)25-8-6-24(7-9-25)20(27)13-2-4-14(22)5-3-13/h2-5,10-12H,6-9H2,1H3,(H,23,26). The first-order chi connectivity index (χ1) is 14.7. The number of ether oxygens (including phenoxy) is 1. The molecule has 0 aromatic heterocycles. The molecule has 4 rings (SSSR count). The van der Waals surface area contributed by atoms with Gasteiger partial charge in [0.2, 0.25) is 10.0 Å². The van der Waals surface area contributed by atoms with Crippen LogP contribution in [0.25, 0.3) is 0 Å². The molecule has 2 aliphatic heterocycles. The summed E-state index contributed by atoms with van der Waals surface area (Å²) in [5, 5.41) is 2.58. The summed E-state index contributed by atoms with van der Waals surface area (Å²) < 4.78 is 46.2. The van der Waals surface area contributed by atoms with Crippen molar-refractivity contribution in [3.05, 3.63) is 52.8 Å². The Balaban J connectivity index is 1.51. The Morgan fingerprint density at radius 1 is 1.16 bits per heavy atom. The summed E-state index contributed by atoms with van der Waals surface area (Å²) in [5.41, 5.74) is 0.644. The molecule has 1 fully saturated rings. The van der Waals surface area contributed by atoms with Gasteiger partial charge in [0.1, 0.15) is 16.5 Å². The fraction of sp³-hybridized carbons (Fsp3) is 0.300. The maximum atomic E-state index is 13.2. The van der Waals surface area contributed by atoms with Crippen LogP contribution in [0.2, 0.25) is 5.02 Å². The van der Waals surface area contributed by atoms with E-state index >= 15 is 0 Å². The lowest BCUT2D eigenvalue weighted by molar-refractivity contribution is -0.122. The first-order valence-electron chi connectivity index (χ1n) is 9.53. The van der Waals surface area contributed by atoms with E-state index in [1.165, 1.54) is 45.6 Å². The summed E-state index contributed by atoms with van der Waals surface area (Å²) in [6, 6.07) is 7.86. The van der Waals surface area contributed by atoms with Crippen molar-refractivity contribution in [3.63, 3.8) is 0 Å². The third-order valence-corrected chi connectivity index (χ3v) is 7.56. The van der Waals surface area contributed by atoms with Gasteiger partial charge in [0, 0.05) is 37.8 Å². The van der Waals surface area contributed by atoms with Crippen LogP contribution in [0, 0.1) is 5.82 Å². The summed E-state index contributed by atoms with van der Waals surface area (Å²) in [5.74, 6) is -0.851. The van der Waals surface area contributed by atoms with E-state index in [9.17, 15) is 22.4 Å². The van der Waals surface area contributed by atoms with Crippen molar-refractivity contribution in [3.8, 4) is 5.75 Å². The average molecular weight is 468 g/mol. The largest absolute Gasteiger partial charge is 0.479 e. The molecule has 1 unspecified atom stereocenters. The number of nitrogens with one attached hydrogen (secondary N) is 1. The summed E-state index contributed by atoms with van der Waals surface area (Å²) >= 11 is 6.21. The SMILES string of the molecule is CC1Oc2cc(S(=O)(=O)N3CCN(C(=O)c4ccc(F)cc4)CC3)c(Cl)cc2NC1=O. The topological polar surface area (TPSA) is 96.0 Å². The van der Waals surface area contributed by atoms with E-state index in [1.54, 1.807) is 6.92 Å². The lowest BCUT2D eigenvalue weighted by Crippen LogP contribution is -2.50. The predicted octanol–water partition coefficient (Wildman–Crippen LogP) is 2.35. The molecular weight excluding hydrogens is 449 g/mol. The minimum Gasteiger partial charge on any atom is -0.479 e. The number of hydrogen-bond donors (Lipinski definition) is 1. The lowest BCUT2D eigenvalue weighted by atomic mass is 10.2. The number of benzene rings is 2. The van der Waals surface area contributed by atoms with Gasteiger partial charge in [-0.05, 0) is 37.3 Å². The highest BCUT2D eigenvalue weighted by molar-refractivity contribution is 7.89. The quantitative estimate of drug-likeness (QED) is 0.747. The zero-order valence-electron chi connectivity index (χ0n) is 16.5. The van der Waals surface area contributed by atoms with Gasteiger partial charge in [-0.2, -0.15) is 4.31 Å². The van der Waals surface area contributed by atoms with Crippen molar-refractivity contribution < 1.29 is 27.1 Å². The average Bonchev–Trinajstić information content (AvgIpc) is 2.74. The fourth-order valence-electron chi connectivity index (χ4n) is 3.45. The fourth-order valence-corrected chi connectivity index (χ4v) is 5.39. The molecule has 2 heterocycles. The van der Waals surface area contributed by atoms with Gasteiger partial charge in [-0.1, -0.05) is 11.6 Å². The number of sulfonamides is 1. The number of fused-ring (bicyclic) bond motifs is 1. The van der Waals surface area contributed by atoms with E-state index in [-0.39, 0.29) is 53.7 Å². The minimum absolute atomic E-state index is 0.0398. The number of halogens is 2. The zero-order chi connectivity index (χ0) is 22.3. The molecule has 164 valence electrons. The van der Waals surface area contributed by atoms with Gasteiger partial charge in [-0.15, -0.1) is 0 Å². The Morgan fingerprint density at radius 3 is 2.45 bits per heavy atom. The van der Waals surface area contributed by atoms with Gasteiger partial charge in [-0.3, -0.25) is 9.59 Å². The van der Waals surface area contributed by atoms with Crippen molar-refractivity contribution in [2.75, 3.05) is 31.5 Å². The second kappa shape index (κ2) is 8.10. The van der Waals surface area contributed by atoms with Crippen LogP contribution in [0.5, 0.6) is 5.75 Å². The number of anilines is 1. The van der Waals surface area contributed by atoms with Gasteiger partial charge in [-0.25, -0.2) is 12.8 Å². The highest BCUT2D eigenvalue weighted by atomic mass is 35.5. The number of piperazine rings is 1. The number of carbonyl (C=O) groups excluding carboxylic acids is 2. The van der Waals surface area contributed by atoms with Crippen molar-refractivity contribution >= 4 is 39.1 Å². The molecule has 1 N–H and O–H groups in total. The maximum Gasteiger partial charge on any atom is 0.265 e. The molecule has 0 saturated carbocycles. The third-order valence-electron chi connectivity index (χ3n) is 5.20. The second-order valence-electron chi connectivity index (χ2n) is 7.23. The number of amides is 2. The van der Waals surface area contributed by atoms with Crippen LogP contribution < -0.4 is 10.1 Å². The predicted molar refractivity (Wildman–Crippen MR) is 111 cm³/mol. The molecule has 2 aliphatic rings. The van der Waals surface area contributed by atoms with E-state index in [4.69, 9.17) is 16.3 Å². The number of carbonyl (C=O) groups is 2. The molecule has 2 aromatic rings. The molecule has 2 aromatic carbocycles. The van der Waals surface area contributed by atoms with E-state index in [2.05, 4.69) is 5.32 Å². The van der Waals surface area contributed by atoms with E-state index in [1.807, 2.05) is 0 Å². The van der Waals surface area contributed by atoms with Gasteiger partial charge < -0.3 is 15.0 Å². The molecule has 0 spiro atoms. The minimum atomic E-state index is -3.96. The lowest BCUT2D eigenvalue weighted by Gasteiger charge is -2.34. The Bertz CT molecular complexity index is 1150. The smallest absolute Gasteiger partial charge is 0.265 e. The summed E-state index contributed by atoms with van der Waals surface area (Å²) in [4.78, 5) is 25.7.